The minimum atomic E-state index is 0.521. The van der Waals surface area contributed by atoms with E-state index in [2.05, 4.69) is 15.3 Å². The predicted molar refractivity (Wildman–Crippen MR) is 73.0 cm³/mol. The number of ether oxygens (including phenoxy) is 1. The third-order valence-electron chi connectivity index (χ3n) is 2.56. The Balaban J connectivity index is 1.61. The molecule has 0 aliphatic heterocycles. The van der Waals surface area contributed by atoms with E-state index in [1.165, 1.54) is 0 Å². The van der Waals surface area contributed by atoms with Crippen molar-refractivity contribution in [3.05, 3.63) is 41.6 Å². The second-order valence-corrected chi connectivity index (χ2v) is 4.39. The van der Waals surface area contributed by atoms with Crippen LogP contribution in [-0.4, -0.2) is 23.1 Å². The number of hydrogen-bond acceptors (Lipinski definition) is 5. The van der Waals surface area contributed by atoms with Crippen LogP contribution in [-0.2, 0) is 11.3 Å². The minimum Gasteiger partial charge on any atom is -0.467 e. The quantitative estimate of drug-likeness (QED) is 0.776. The highest BCUT2D eigenvalue weighted by molar-refractivity contribution is 5.27. The van der Waals surface area contributed by atoms with Gasteiger partial charge in [0.15, 0.2) is 0 Å². The summed E-state index contributed by atoms with van der Waals surface area (Å²) in [5.41, 5.74) is 1.95. The molecular weight excluding hydrogens is 242 g/mol. The summed E-state index contributed by atoms with van der Waals surface area (Å²) in [5.74, 6) is 1.54. The van der Waals surface area contributed by atoms with Gasteiger partial charge in [-0.1, -0.05) is 0 Å². The molecule has 0 saturated carbocycles. The van der Waals surface area contributed by atoms with Crippen LogP contribution in [0.3, 0.4) is 0 Å². The summed E-state index contributed by atoms with van der Waals surface area (Å²) in [4.78, 5) is 8.63. The molecular formula is C14H19N3O2. The fourth-order valence-corrected chi connectivity index (χ4v) is 1.75. The average molecular weight is 261 g/mol. The van der Waals surface area contributed by atoms with Crippen molar-refractivity contribution < 1.29 is 9.15 Å². The lowest BCUT2D eigenvalue weighted by atomic mass is 10.3. The monoisotopic (exact) mass is 261 g/mol. The zero-order valence-corrected chi connectivity index (χ0v) is 11.3. The number of nitrogens with one attached hydrogen (secondary N) is 1. The molecule has 0 aliphatic rings. The molecule has 0 fully saturated rings. The molecule has 0 spiro atoms. The molecule has 0 bridgehead atoms. The van der Waals surface area contributed by atoms with Gasteiger partial charge in [-0.15, -0.1) is 0 Å². The third kappa shape index (κ3) is 4.71. The predicted octanol–water partition coefficient (Wildman–Crippen LogP) is 2.71. The van der Waals surface area contributed by atoms with E-state index in [9.17, 15) is 0 Å². The molecule has 0 atom stereocenters. The summed E-state index contributed by atoms with van der Waals surface area (Å²) in [6.45, 7) is 5.92. The van der Waals surface area contributed by atoms with Crippen LogP contribution < -0.4 is 5.32 Å². The van der Waals surface area contributed by atoms with Crippen molar-refractivity contribution in [2.24, 2.45) is 0 Å². The molecule has 2 aromatic rings. The van der Waals surface area contributed by atoms with Crippen LogP contribution in [0.5, 0.6) is 0 Å². The lowest BCUT2D eigenvalue weighted by molar-refractivity contribution is 0.106. The van der Waals surface area contributed by atoms with E-state index in [1.54, 1.807) is 6.26 Å². The van der Waals surface area contributed by atoms with Crippen LogP contribution in [0.1, 0.15) is 23.6 Å². The van der Waals surface area contributed by atoms with E-state index in [4.69, 9.17) is 9.15 Å². The van der Waals surface area contributed by atoms with Crippen molar-refractivity contribution in [3.63, 3.8) is 0 Å². The summed E-state index contributed by atoms with van der Waals surface area (Å²) < 4.78 is 10.7. The minimum absolute atomic E-state index is 0.521. The second kappa shape index (κ2) is 6.89. The number of nitrogens with zero attached hydrogens (tertiary/aromatic N) is 2. The molecule has 0 aromatic carbocycles. The zero-order valence-electron chi connectivity index (χ0n) is 11.3. The molecule has 1 N–H and O–H groups in total. The Labute approximate surface area is 113 Å². The van der Waals surface area contributed by atoms with Crippen LogP contribution in [0.2, 0.25) is 0 Å². The van der Waals surface area contributed by atoms with Crippen molar-refractivity contribution >= 4 is 5.95 Å². The van der Waals surface area contributed by atoms with Gasteiger partial charge < -0.3 is 14.5 Å². The first-order valence-corrected chi connectivity index (χ1v) is 6.40. The van der Waals surface area contributed by atoms with Crippen molar-refractivity contribution in [3.8, 4) is 0 Å². The Kier molecular flexibility index (Phi) is 4.92. The smallest absolute Gasteiger partial charge is 0.223 e. The van der Waals surface area contributed by atoms with Gasteiger partial charge in [-0.3, -0.25) is 0 Å². The Bertz CT molecular complexity index is 477. The Hall–Kier alpha value is -1.88. The fraction of sp³-hybridized carbons (Fsp3) is 0.429. The van der Waals surface area contributed by atoms with Crippen LogP contribution in [0, 0.1) is 13.8 Å². The van der Waals surface area contributed by atoms with Gasteiger partial charge in [-0.2, -0.15) is 0 Å². The molecule has 0 aliphatic carbocycles. The highest BCUT2D eigenvalue weighted by Crippen LogP contribution is 2.04. The fourth-order valence-electron chi connectivity index (χ4n) is 1.75. The summed E-state index contributed by atoms with van der Waals surface area (Å²) >= 11 is 0. The van der Waals surface area contributed by atoms with Crippen LogP contribution in [0.15, 0.2) is 28.9 Å². The summed E-state index contributed by atoms with van der Waals surface area (Å²) in [6, 6.07) is 5.72. The summed E-state index contributed by atoms with van der Waals surface area (Å²) in [6.07, 6.45) is 2.55. The van der Waals surface area contributed by atoms with E-state index in [-0.39, 0.29) is 0 Å². The van der Waals surface area contributed by atoms with Gasteiger partial charge in [0.25, 0.3) is 0 Å². The van der Waals surface area contributed by atoms with Crippen LogP contribution >= 0.6 is 0 Å². The standard InChI is InChI=1S/C14H19N3O2/c1-11-9-12(2)17-14(16-11)15-6-4-7-18-10-13-5-3-8-19-13/h3,5,8-9H,4,6-7,10H2,1-2H3,(H,15,16,17). The summed E-state index contributed by atoms with van der Waals surface area (Å²) in [5, 5.41) is 3.19. The molecule has 0 unspecified atom stereocenters. The Morgan fingerprint density at radius 2 is 2.05 bits per heavy atom. The SMILES string of the molecule is Cc1cc(C)nc(NCCCOCc2ccco2)n1. The molecule has 0 amide bonds. The average Bonchev–Trinajstić information content (AvgIpc) is 2.85. The Morgan fingerprint density at radius 3 is 2.74 bits per heavy atom. The van der Waals surface area contributed by atoms with E-state index < -0.39 is 0 Å². The lowest BCUT2D eigenvalue weighted by Gasteiger charge is -2.06. The molecule has 0 saturated heterocycles. The summed E-state index contributed by atoms with van der Waals surface area (Å²) in [7, 11) is 0. The van der Waals surface area contributed by atoms with Gasteiger partial charge >= 0.3 is 0 Å². The van der Waals surface area contributed by atoms with E-state index in [0.717, 1.165) is 30.1 Å². The maximum absolute atomic E-state index is 5.49. The highest BCUT2D eigenvalue weighted by Gasteiger charge is 1.99. The first kappa shape index (κ1) is 13.5. The van der Waals surface area contributed by atoms with Crippen molar-refractivity contribution in [1.29, 1.82) is 0 Å². The van der Waals surface area contributed by atoms with Crippen molar-refractivity contribution in [2.45, 2.75) is 26.9 Å². The Morgan fingerprint density at radius 1 is 1.26 bits per heavy atom. The number of rotatable bonds is 7. The topological polar surface area (TPSA) is 60.2 Å². The van der Waals surface area contributed by atoms with E-state index in [0.29, 0.717) is 19.2 Å². The maximum atomic E-state index is 5.49. The number of hydrogen-bond donors (Lipinski definition) is 1. The van der Waals surface area contributed by atoms with Crippen molar-refractivity contribution in [1.82, 2.24) is 9.97 Å². The molecule has 5 heteroatoms. The zero-order chi connectivity index (χ0) is 13.5. The third-order valence-corrected chi connectivity index (χ3v) is 2.56. The van der Waals surface area contributed by atoms with Gasteiger partial charge in [0, 0.05) is 24.5 Å². The van der Waals surface area contributed by atoms with Crippen LogP contribution in [0.4, 0.5) is 5.95 Å². The maximum Gasteiger partial charge on any atom is 0.223 e. The molecule has 2 aromatic heterocycles. The lowest BCUT2D eigenvalue weighted by Crippen LogP contribution is -2.09. The van der Waals surface area contributed by atoms with Gasteiger partial charge in [0.05, 0.1) is 6.26 Å². The number of aromatic nitrogens is 2. The van der Waals surface area contributed by atoms with Crippen LogP contribution in [0.25, 0.3) is 0 Å². The number of furan rings is 1. The first-order chi connectivity index (χ1) is 9.24. The second-order valence-electron chi connectivity index (χ2n) is 4.39. The first-order valence-electron chi connectivity index (χ1n) is 6.40. The van der Waals surface area contributed by atoms with E-state index in [1.807, 2.05) is 32.0 Å². The van der Waals surface area contributed by atoms with Gasteiger partial charge in [-0.25, -0.2) is 9.97 Å². The molecule has 0 radical (unpaired) electrons. The molecule has 5 nitrogen and oxygen atoms in total. The van der Waals surface area contributed by atoms with Crippen molar-refractivity contribution in [2.75, 3.05) is 18.5 Å². The molecule has 2 rings (SSSR count). The van der Waals surface area contributed by atoms with Gasteiger partial charge in [0.1, 0.15) is 12.4 Å². The number of aryl methyl sites for hydroxylation is 2. The van der Waals surface area contributed by atoms with Gasteiger partial charge in [-0.05, 0) is 38.5 Å². The van der Waals surface area contributed by atoms with E-state index >= 15 is 0 Å². The normalized spacial score (nSPS) is 10.6. The number of anilines is 1. The van der Waals surface area contributed by atoms with Gasteiger partial charge in [0.2, 0.25) is 5.95 Å². The largest absolute Gasteiger partial charge is 0.467 e. The highest BCUT2D eigenvalue weighted by atomic mass is 16.5. The molecule has 2 heterocycles. The molecule has 19 heavy (non-hydrogen) atoms. The molecule has 102 valence electrons.